The van der Waals surface area contributed by atoms with Crippen molar-refractivity contribution in [3.8, 4) is 10.6 Å². The zero-order valence-corrected chi connectivity index (χ0v) is 20.7. The minimum atomic E-state index is -1.18. The summed E-state index contributed by atoms with van der Waals surface area (Å²) in [6.45, 7) is 3.40. The number of hydrogen-bond donors (Lipinski definition) is 3. The van der Waals surface area contributed by atoms with Crippen LogP contribution in [0.25, 0.3) is 21.6 Å². The molecule has 4 aromatic heterocycles. The minimum Gasteiger partial charge on any atom is -0.391 e. The van der Waals surface area contributed by atoms with Crippen molar-refractivity contribution in [1.82, 2.24) is 34.7 Å². The van der Waals surface area contributed by atoms with E-state index in [1.165, 1.54) is 35.9 Å². The highest BCUT2D eigenvalue weighted by Gasteiger charge is 2.39. The van der Waals surface area contributed by atoms with Crippen LogP contribution in [0.15, 0.2) is 55.5 Å². The summed E-state index contributed by atoms with van der Waals surface area (Å²) in [7, 11) is 0. The summed E-state index contributed by atoms with van der Waals surface area (Å²) in [4.78, 5) is 43.2. The average Bonchev–Trinajstić information content (AvgIpc) is 3.62. The molecule has 0 aliphatic carbocycles. The Bertz CT molecular complexity index is 1520. The van der Waals surface area contributed by atoms with E-state index in [-0.39, 0.29) is 25.2 Å². The van der Waals surface area contributed by atoms with Crippen molar-refractivity contribution in [1.29, 1.82) is 0 Å². The van der Waals surface area contributed by atoms with Crippen LogP contribution in [0.2, 0.25) is 0 Å². The summed E-state index contributed by atoms with van der Waals surface area (Å²) in [5.41, 5.74) is 1.59. The van der Waals surface area contributed by atoms with E-state index >= 15 is 0 Å². The lowest BCUT2D eigenvalue weighted by Gasteiger charge is -2.22. The van der Waals surface area contributed by atoms with Gasteiger partial charge in [-0.15, -0.1) is 0 Å². The highest BCUT2D eigenvalue weighted by atomic mass is 32.1. The van der Waals surface area contributed by atoms with Crippen molar-refractivity contribution >= 4 is 45.1 Å². The van der Waals surface area contributed by atoms with Gasteiger partial charge in [-0.25, -0.2) is 23.7 Å². The van der Waals surface area contributed by atoms with Crippen molar-refractivity contribution in [2.24, 2.45) is 0 Å². The number of fused-ring (bicyclic) bond motifs is 1. The van der Waals surface area contributed by atoms with Crippen LogP contribution in [0.3, 0.4) is 0 Å². The van der Waals surface area contributed by atoms with Crippen LogP contribution in [0.4, 0.5) is 19.7 Å². The van der Waals surface area contributed by atoms with Gasteiger partial charge < -0.3 is 25.2 Å². The number of nitrogens with zero attached hydrogens (tertiary/aromatic N) is 6. The lowest BCUT2D eigenvalue weighted by Crippen LogP contribution is -2.46. The van der Waals surface area contributed by atoms with Crippen molar-refractivity contribution in [3.05, 3.63) is 61.3 Å². The van der Waals surface area contributed by atoms with E-state index in [0.717, 1.165) is 10.4 Å². The molecule has 0 spiro atoms. The van der Waals surface area contributed by atoms with Crippen LogP contribution in [-0.2, 0) is 16.1 Å². The van der Waals surface area contributed by atoms with Crippen molar-refractivity contribution in [3.63, 3.8) is 0 Å². The number of amides is 2. The molecule has 14 heteroatoms. The first kappa shape index (κ1) is 25.4. The number of hydrogen-bond acceptors (Lipinski definition) is 9. The summed E-state index contributed by atoms with van der Waals surface area (Å²) in [5, 5.41) is 16.2. The summed E-state index contributed by atoms with van der Waals surface area (Å²) >= 11 is 1.23. The highest BCUT2D eigenvalue weighted by molar-refractivity contribution is 7.18. The van der Waals surface area contributed by atoms with Crippen LogP contribution >= 0.6 is 11.3 Å². The first-order valence-corrected chi connectivity index (χ1v) is 12.4. The molecular weight excluding hydrogens is 518 g/mol. The quantitative estimate of drug-likeness (QED) is 0.290. The Morgan fingerprint density at radius 2 is 2.08 bits per heavy atom. The molecule has 0 bridgehead atoms. The second kappa shape index (κ2) is 10.6. The van der Waals surface area contributed by atoms with Crippen molar-refractivity contribution in [2.75, 3.05) is 18.4 Å². The van der Waals surface area contributed by atoms with Gasteiger partial charge in [-0.1, -0.05) is 17.9 Å². The highest BCUT2D eigenvalue weighted by Crippen LogP contribution is 2.31. The number of aromatic nitrogens is 5. The predicted molar refractivity (Wildman–Crippen MR) is 135 cm³/mol. The number of pyridine rings is 2. The van der Waals surface area contributed by atoms with E-state index in [4.69, 9.17) is 0 Å². The minimum absolute atomic E-state index is 0.0189. The second-order valence-corrected chi connectivity index (χ2v) is 9.57. The van der Waals surface area contributed by atoms with Gasteiger partial charge in [-0.2, -0.15) is 0 Å². The number of rotatable bonds is 8. The van der Waals surface area contributed by atoms with Gasteiger partial charge in [0.05, 0.1) is 29.0 Å². The number of imidazole rings is 1. The molecule has 3 N–H and O–H groups in total. The number of thiazole rings is 1. The third-order valence-corrected chi connectivity index (χ3v) is 6.89. The molecule has 11 nitrogen and oxygen atoms in total. The molecule has 0 aromatic carbocycles. The molecule has 1 saturated heterocycles. The lowest BCUT2D eigenvalue weighted by atomic mass is 10.2. The summed E-state index contributed by atoms with van der Waals surface area (Å²) in [6, 6.07) is 3.65. The predicted octanol–water partition coefficient (Wildman–Crippen LogP) is 2.39. The van der Waals surface area contributed by atoms with E-state index in [2.05, 4.69) is 37.1 Å². The molecule has 5 heterocycles. The molecule has 38 heavy (non-hydrogen) atoms. The number of aliphatic hydroxyl groups excluding tert-OH is 1. The Hall–Kier alpha value is -4.30. The summed E-state index contributed by atoms with van der Waals surface area (Å²) in [5.74, 6) is -2.63. The number of carbonyl (C=O) groups excluding carboxylic acids is 2. The number of halogens is 2. The fourth-order valence-corrected chi connectivity index (χ4v) is 5.01. The number of aliphatic hydroxyl groups is 1. The maximum Gasteiger partial charge on any atom is 0.282 e. The molecule has 196 valence electrons. The van der Waals surface area contributed by atoms with Gasteiger partial charge >= 0.3 is 0 Å². The van der Waals surface area contributed by atoms with Gasteiger partial charge in [0.15, 0.2) is 11.0 Å². The molecule has 0 saturated carbocycles. The van der Waals surface area contributed by atoms with Gasteiger partial charge in [0.25, 0.3) is 5.91 Å². The standard InChI is InChI=1S/C24H22F2N8O3S/c1-13(25)23(37)34-11-14(35)7-18(34)22(36)28-5-6-33-12-31-16-9-29-20(8-17(16)33)32-24-30-10-19(38-24)21-15(26)3-2-4-27-21/h2-4,8-10,12,14,18,35H,1,5-7,11H2,(H,28,36)(H,29,30,32)/t14-,18+/m1/s1. The molecule has 5 rings (SSSR count). The Kier molecular flexibility index (Phi) is 7.07. The maximum atomic E-state index is 14.0. The SMILES string of the molecule is C=C(F)C(=O)N1C[C@H](O)C[C@H]1C(=O)NCCn1cnc2cnc(Nc3ncc(-c4ncccc4F)s3)cc21. The topological polar surface area (TPSA) is 138 Å². The third kappa shape index (κ3) is 5.21. The zero-order valence-electron chi connectivity index (χ0n) is 19.8. The Balaban J connectivity index is 1.23. The van der Waals surface area contributed by atoms with Crippen LogP contribution in [0, 0.1) is 5.82 Å². The van der Waals surface area contributed by atoms with E-state index in [1.54, 1.807) is 18.6 Å². The first-order chi connectivity index (χ1) is 18.3. The van der Waals surface area contributed by atoms with Crippen molar-refractivity contribution < 1.29 is 23.5 Å². The molecule has 1 aliphatic heterocycles. The van der Waals surface area contributed by atoms with Crippen LogP contribution in [0.1, 0.15) is 6.42 Å². The lowest BCUT2D eigenvalue weighted by molar-refractivity contribution is -0.136. The fourth-order valence-electron chi connectivity index (χ4n) is 4.19. The largest absolute Gasteiger partial charge is 0.391 e. The third-order valence-electron chi connectivity index (χ3n) is 5.97. The van der Waals surface area contributed by atoms with Gasteiger partial charge in [-0.05, 0) is 12.1 Å². The number of anilines is 2. The van der Waals surface area contributed by atoms with Crippen LogP contribution < -0.4 is 10.6 Å². The Labute approximate surface area is 218 Å². The molecule has 4 aromatic rings. The molecule has 0 radical (unpaired) electrons. The molecular formula is C24H22F2N8O3S. The van der Waals surface area contributed by atoms with Crippen molar-refractivity contribution in [2.45, 2.75) is 25.1 Å². The second-order valence-electron chi connectivity index (χ2n) is 8.54. The molecule has 0 unspecified atom stereocenters. The Morgan fingerprint density at radius 1 is 1.24 bits per heavy atom. The van der Waals surface area contributed by atoms with E-state index in [1.807, 2.05) is 4.57 Å². The van der Waals surface area contributed by atoms with Gasteiger partial charge in [0, 0.05) is 44.5 Å². The van der Waals surface area contributed by atoms with Gasteiger partial charge in [0.2, 0.25) is 5.91 Å². The molecule has 2 atom stereocenters. The average molecular weight is 541 g/mol. The fraction of sp³-hybridized carbons (Fsp3) is 0.250. The maximum absolute atomic E-state index is 14.0. The first-order valence-electron chi connectivity index (χ1n) is 11.6. The normalized spacial score (nSPS) is 17.1. The summed E-state index contributed by atoms with van der Waals surface area (Å²) < 4.78 is 29.2. The van der Waals surface area contributed by atoms with E-state index in [0.29, 0.717) is 27.9 Å². The smallest absolute Gasteiger partial charge is 0.282 e. The zero-order chi connectivity index (χ0) is 26.8. The molecule has 1 aliphatic rings. The summed E-state index contributed by atoms with van der Waals surface area (Å²) in [6.07, 6.45) is 5.35. The number of nitrogens with one attached hydrogen (secondary N) is 2. The monoisotopic (exact) mass is 540 g/mol. The number of likely N-dealkylation sites (tertiary alicyclic amines) is 1. The van der Waals surface area contributed by atoms with Gasteiger partial charge in [0.1, 0.15) is 28.9 Å². The molecule has 2 amide bonds. The van der Waals surface area contributed by atoms with E-state index in [9.17, 15) is 23.5 Å². The van der Waals surface area contributed by atoms with Crippen LogP contribution in [-0.4, -0.2) is 71.6 Å². The van der Waals surface area contributed by atoms with Gasteiger partial charge in [-0.3, -0.25) is 14.6 Å². The number of β-amino-alcohol motifs (C(OH)–C–C–N with tert-alkyl or cyclic N) is 1. The number of carbonyl (C=O) groups is 2. The van der Waals surface area contributed by atoms with Crippen LogP contribution in [0.5, 0.6) is 0 Å². The van der Waals surface area contributed by atoms with E-state index < -0.39 is 35.6 Å². The molecule has 1 fully saturated rings. The Morgan fingerprint density at radius 3 is 2.87 bits per heavy atom.